The largest absolute Gasteiger partial charge is 0.456 e. The van der Waals surface area contributed by atoms with Gasteiger partial charge in [-0.15, -0.1) is 11.3 Å². The van der Waals surface area contributed by atoms with E-state index in [1.54, 1.807) is 0 Å². The van der Waals surface area contributed by atoms with Crippen molar-refractivity contribution < 1.29 is 8.83 Å². The molecule has 12 aromatic rings. The summed E-state index contributed by atoms with van der Waals surface area (Å²) in [7, 11) is 0. The van der Waals surface area contributed by atoms with Gasteiger partial charge in [-0.2, -0.15) is 0 Å². The van der Waals surface area contributed by atoms with E-state index >= 15 is 0 Å². The normalized spacial score (nSPS) is 12.0. The minimum Gasteiger partial charge on any atom is -0.456 e. The van der Waals surface area contributed by atoms with Crippen molar-refractivity contribution in [2.45, 2.75) is 0 Å². The molecule has 0 atom stereocenters. The van der Waals surface area contributed by atoms with Crippen LogP contribution in [0.5, 0.6) is 0 Å². The molecule has 2 nitrogen and oxygen atoms in total. The fraction of sp³-hybridized carbons (Fsp3) is 0. The van der Waals surface area contributed by atoms with E-state index in [0.717, 1.165) is 60.9 Å². The van der Waals surface area contributed by atoms with Crippen LogP contribution in [0.1, 0.15) is 0 Å². The Kier molecular flexibility index (Phi) is 6.54. The summed E-state index contributed by atoms with van der Waals surface area (Å²) in [6, 6.07) is 65.2. The molecule has 0 bridgehead atoms. The van der Waals surface area contributed by atoms with E-state index in [0.29, 0.717) is 0 Å². The van der Waals surface area contributed by atoms with Crippen LogP contribution < -0.4 is 0 Å². The molecule has 0 amide bonds. The molecule has 3 heteroatoms. The maximum atomic E-state index is 6.97. The van der Waals surface area contributed by atoms with Crippen LogP contribution in [0.25, 0.3) is 119 Å². The minimum absolute atomic E-state index is 0.814. The summed E-state index contributed by atoms with van der Waals surface area (Å²) in [6.45, 7) is 0. The lowest BCUT2D eigenvalue weighted by Crippen LogP contribution is -1.91. The van der Waals surface area contributed by atoms with Crippen LogP contribution in [0, 0.1) is 0 Å². The van der Waals surface area contributed by atoms with Gasteiger partial charge in [-0.05, 0) is 74.1 Å². The first-order valence-corrected chi connectivity index (χ1v) is 19.5. The van der Waals surface area contributed by atoms with Gasteiger partial charge in [-0.1, -0.05) is 152 Å². The molecular weight excluding hydrogens is 689 g/mol. The minimum atomic E-state index is 0.814. The van der Waals surface area contributed by atoms with Gasteiger partial charge in [0.1, 0.15) is 22.5 Å². The molecule has 0 unspecified atom stereocenters. The highest BCUT2D eigenvalue weighted by molar-refractivity contribution is 7.26. The summed E-state index contributed by atoms with van der Waals surface area (Å²) in [5.41, 5.74) is 10.7. The molecule has 0 saturated heterocycles. The maximum Gasteiger partial charge on any atom is 0.147 e. The van der Waals surface area contributed by atoms with Gasteiger partial charge >= 0.3 is 0 Å². The molecular formula is C52H30O2S. The molecule has 256 valence electrons. The van der Waals surface area contributed by atoms with Crippen molar-refractivity contribution in [3.05, 3.63) is 182 Å². The summed E-state index contributed by atoms with van der Waals surface area (Å²) in [5, 5.41) is 10.7. The molecule has 0 fully saturated rings. The number of thiophene rings is 1. The summed E-state index contributed by atoms with van der Waals surface area (Å²) >= 11 is 1.89. The fourth-order valence-corrected chi connectivity index (χ4v) is 10.2. The predicted octanol–water partition coefficient (Wildman–Crippen LogP) is 15.7. The van der Waals surface area contributed by atoms with Gasteiger partial charge in [0.2, 0.25) is 0 Å². The molecule has 12 rings (SSSR count). The van der Waals surface area contributed by atoms with Gasteiger partial charge in [0, 0.05) is 47.6 Å². The lowest BCUT2D eigenvalue weighted by Gasteiger charge is -2.18. The SMILES string of the molecule is c1ccc(-c2oc3c(ccc4oc5ccc(-c6c7ccccc7c(-c7cccc8c7sc7ccccc78)c7ccccc67)cc5c43)c2-c2ccccc2)cc1. The van der Waals surface area contributed by atoms with Crippen molar-refractivity contribution in [1.29, 1.82) is 0 Å². The van der Waals surface area contributed by atoms with Crippen LogP contribution >= 0.6 is 11.3 Å². The Labute approximate surface area is 320 Å². The van der Waals surface area contributed by atoms with Gasteiger partial charge in [-0.3, -0.25) is 0 Å². The Balaban J connectivity index is 1.15. The number of furan rings is 2. The highest BCUT2D eigenvalue weighted by Crippen LogP contribution is 2.50. The molecule has 55 heavy (non-hydrogen) atoms. The molecule has 3 heterocycles. The molecule has 0 N–H and O–H groups in total. The summed E-state index contributed by atoms with van der Waals surface area (Å²) in [4.78, 5) is 0. The highest BCUT2D eigenvalue weighted by atomic mass is 32.1. The van der Waals surface area contributed by atoms with E-state index in [4.69, 9.17) is 8.83 Å². The van der Waals surface area contributed by atoms with E-state index in [9.17, 15) is 0 Å². The summed E-state index contributed by atoms with van der Waals surface area (Å²) in [6.07, 6.45) is 0. The van der Waals surface area contributed by atoms with Gasteiger partial charge < -0.3 is 8.83 Å². The van der Waals surface area contributed by atoms with Crippen molar-refractivity contribution in [2.75, 3.05) is 0 Å². The van der Waals surface area contributed by atoms with E-state index in [1.807, 2.05) is 17.4 Å². The maximum absolute atomic E-state index is 6.97. The van der Waals surface area contributed by atoms with Crippen LogP contribution in [-0.2, 0) is 0 Å². The molecule has 0 spiro atoms. The molecule has 0 aliphatic rings. The summed E-state index contributed by atoms with van der Waals surface area (Å²) in [5.74, 6) is 0.862. The van der Waals surface area contributed by atoms with Crippen LogP contribution in [0.2, 0.25) is 0 Å². The summed E-state index contributed by atoms with van der Waals surface area (Å²) < 4.78 is 16.2. The third kappa shape index (κ3) is 4.48. The third-order valence-corrected chi connectivity index (χ3v) is 12.5. The first kappa shape index (κ1) is 30.5. The fourth-order valence-electron chi connectivity index (χ4n) is 8.93. The lowest BCUT2D eigenvalue weighted by molar-refractivity contribution is 0.634. The van der Waals surface area contributed by atoms with E-state index in [1.165, 1.54) is 58.4 Å². The number of hydrogen-bond acceptors (Lipinski definition) is 3. The molecule has 0 radical (unpaired) electrons. The van der Waals surface area contributed by atoms with Crippen molar-refractivity contribution in [3.8, 4) is 44.7 Å². The van der Waals surface area contributed by atoms with Crippen LogP contribution in [0.3, 0.4) is 0 Å². The predicted molar refractivity (Wildman–Crippen MR) is 233 cm³/mol. The first-order valence-electron chi connectivity index (χ1n) is 18.7. The zero-order valence-corrected chi connectivity index (χ0v) is 30.4. The van der Waals surface area contributed by atoms with Crippen LogP contribution in [0.15, 0.2) is 191 Å². The molecule has 0 aliphatic carbocycles. The standard InChI is InChI=1S/C52H30O2S/c1-3-14-31(15-4-1)47-40-27-29-44-49(51(40)54-50(47)32-16-5-2-6-17-32)42-30-33(26-28-43(42)53-44)46-35-19-7-9-21-37(35)48(38-22-10-8-20-36(38)46)41-24-13-23-39-34-18-11-12-25-45(34)55-52(39)41/h1-30H. The second-order valence-corrected chi connectivity index (χ2v) is 15.3. The van der Waals surface area contributed by atoms with E-state index in [2.05, 4.69) is 176 Å². The molecule has 3 aromatic heterocycles. The first-order chi connectivity index (χ1) is 27.3. The Morgan fingerprint density at radius 2 is 0.945 bits per heavy atom. The smallest absolute Gasteiger partial charge is 0.147 e. The van der Waals surface area contributed by atoms with Gasteiger partial charge in [0.05, 0.1) is 5.39 Å². The molecule has 0 saturated carbocycles. The van der Waals surface area contributed by atoms with Gasteiger partial charge in [0.25, 0.3) is 0 Å². The van der Waals surface area contributed by atoms with Crippen molar-refractivity contribution in [3.63, 3.8) is 0 Å². The third-order valence-electron chi connectivity index (χ3n) is 11.3. The van der Waals surface area contributed by atoms with Crippen molar-refractivity contribution >= 4 is 86.0 Å². The van der Waals surface area contributed by atoms with Crippen molar-refractivity contribution in [1.82, 2.24) is 0 Å². The lowest BCUT2D eigenvalue weighted by atomic mass is 9.85. The topological polar surface area (TPSA) is 26.3 Å². The van der Waals surface area contributed by atoms with Gasteiger partial charge in [-0.25, -0.2) is 0 Å². The average molecular weight is 719 g/mol. The Bertz CT molecular complexity index is 3420. The number of benzene rings is 9. The monoisotopic (exact) mass is 718 g/mol. The molecule has 9 aromatic carbocycles. The Morgan fingerprint density at radius 1 is 0.345 bits per heavy atom. The Hall–Kier alpha value is -6.94. The zero-order chi connectivity index (χ0) is 36.0. The molecule has 0 aliphatic heterocycles. The average Bonchev–Trinajstić information content (AvgIpc) is 3.95. The van der Waals surface area contributed by atoms with Gasteiger partial charge in [0.15, 0.2) is 0 Å². The number of rotatable bonds is 4. The van der Waals surface area contributed by atoms with E-state index < -0.39 is 0 Å². The zero-order valence-electron chi connectivity index (χ0n) is 29.5. The van der Waals surface area contributed by atoms with Crippen LogP contribution in [-0.4, -0.2) is 0 Å². The number of hydrogen-bond donors (Lipinski definition) is 0. The second kappa shape index (κ2) is 11.8. The van der Waals surface area contributed by atoms with Crippen LogP contribution in [0.4, 0.5) is 0 Å². The second-order valence-electron chi connectivity index (χ2n) is 14.3. The quantitative estimate of drug-likeness (QED) is 0.169. The number of fused-ring (bicyclic) bond motifs is 10. The van der Waals surface area contributed by atoms with E-state index in [-0.39, 0.29) is 0 Å². The van der Waals surface area contributed by atoms with Crippen molar-refractivity contribution in [2.24, 2.45) is 0 Å². The highest BCUT2D eigenvalue weighted by Gasteiger charge is 2.24. The Morgan fingerprint density at radius 3 is 1.67 bits per heavy atom.